The first-order valence-electron chi connectivity index (χ1n) is 5.91. The Labute approximate surface area is 123 Å². The fourth-order valence-corrected chi connectivity index (χ4v) is 2.08. The largest absolute Gasteiger partial charge is 0.355 e. The minimum absolute atomic E-state index is 0.335. The molecule has 3 nitrogen and oxygen atoms in total. The van der Waals surface area contributed by atoms with E-state index in [0.29, 0.717) is 17.3 Å². The van der Waals surface area contributed by atoms with Gasteiger partial charge in [-0.1, -0.05) is 35.3 Å². The molecule has 2 rings (SSSR count). The van der Waals surface area contributed by atoms with Crippen LogP contribution in [0.2, 0.25) is 10.0 Å². The van der Waals surface area contributed by atoms with E-state index in [9.17, 15) is 0 Å². The summed E-state index contributed by atoms with van der Waals surface area (Å²) in [5.74, 6) is 0.847. The number of halogens is 2. The van der Waals surface area contributed by atoms with Gasteiger partial charge in [-0.3, -0.25) is 0 Å². The zero-order valence-corrected chi connectivity index (χ0v) is 12.1. The summed E-state index contributed by atoms with van der Waals surface area (Å²) in [5.41, 5.74) is 7.48. The monoisotopic (exact) mass is 295 g/mol. The lowest BCUT2D eigenvalue weighted by Crippen LogP contribution is -2.18. The molecule has 19 heavy (non-hydrogen) atoms. The normalized spacial score (nSPS) is 10.5. The lowest BCUT2D eigenvalue weighted by molar-refractivity contribution is 0.878. The molecule has 0 amide bonds. The molecule has 2 aromatic rings. The molecule has 2 N–H and O–H groups in total. The Bertz CT molecular complexity index is 555. The van der Waals surface area contributed by atoms with E-state index in [1.54, 1.807) is 0 Å². The molecule has 100 valence electrons. The summed E-state index contributed by atoms with van der Waals surface area (Å²) in [6, 6.07) is 11.5. The van der Waals surface area contributed by atoms with Gasteiger partial charge in [-0.15, -0.1) is 0 Å². The van der Waals surface area contributed by atoms with E-state index in [-0.39, 0.29) is 0 Å². The van der Waals surface area contributed by atoms with Crippen molar-refractivity contribution in [1.29, 1.82) is 0 Å². The van der Waals surface area contributed by atoms with Crippen LogP contribution in [0.25, 0.3) is 0 Å². The Morgan fingerprint density at radius 1 is 1.11 bits per heavy atom. The van der Waals surface area contributed by atoms with Crippen LogP contribution in [-0.2, 0) is 13.1 Å². The molecule has 0 unspecified atom stereocenters. The fraction of sp³-hybridized carbons (Fsp3) is 0.214. The van der Waals surface area contributed by atoms with Crippen molar-refractivity contribution in [2.24, 2.45) is 5.73 Å². The topological polar surface area (TPSA) is 42.1 Å². The van der Waals surface area contributed by atoms with Crippen LogP contribution in [-0.4, -0.2) is 12.0 Å². The number of hydrogen-bond acceptors (Lipinski definition) is 3. The quantitative estimate of drug-likeness (QED) is 0.939. The van der Waals surface area contributed by atoms with Crippen molar-refractivity contribution in [2.45, 2.75) is 13.1 Å². The summed E-state index contributed by atoms with van der Waals surface area (Å²) in [6.07, 6.45) is 0. The summed E-state index contributed by atoms with van der Waals surface area (Å²) < 4.78 is 0. The van der Waals surface area contributed by atoms with Gasteiger partial charge >= 0.3 is 0 Å². The van der Waals surface area contributed by atoms with E-state index < -0.39 is 0 Å². The Balaban J connectivity index is 2.15. The van der Waals surface area contributed by atoms with E-state index in [2.05, 4.69) is 4.98 Å². The highest BCUT2D eigenvalue weighted by Crippen LogP contribution is 2.20. The minimum atomic E-state index is 0.335. The van der Waals surface area contributed by atoms with Crippen molar-refractivity contribution < 1.29 is 0 Å². The lowest BCUT2D eigenvalue weighted by atomic mass is 10.2. The molecule has 5 heteroatoms. The molecular weight excluding hydrogens is 281 g/mol. The van der Waals surface area contributed by atoms with Crippen molar-refractivity contribution in [3.63, 3.8) is 0 Å². The molecule has 1 aromatic heterocycles. The Hall–Kier alpha value is -1.29. The van der Waals surface area contributed by atoms with E-state index in [4.69, 9.17) is 28.9 Å². The molecule has 0 aliphatic carbocycles. The van der Waals surface area contributed by atoms with Crippen molar-refractivity contribution in [2.75, 3.05) is 11.9 Å². The van der Waals surface area contributed by atoms with Crippen LogP contribution in [0.15, 0.2) is 36.4 Å². The average molecular weight is 296 g/mol. The molecule has 0 bridgehead atoms. The molecule has 1 heterocycles. The van der Waals surface area contributed by atoms with Gasteiger partial charge in [-0.05, 0) is 29.8 Å². The number of benzene rings is 1. The summed E-state index contributed by atoms with van der Waals surface area (Å²) >= 11 is 11.9. The second-order valence-corrected chi connectivity index (χ2v) is 5.13. The molecule has 1 aromatic carbocycles. The second kappa shape index (κ2) is 6.24. The van der Waals surface area contributed by atoms with Crippen LogP contribution in [0.3, 0.4) is 0 Å². The van der Waals surface area contributed by atoms with Crippen molar-refractivity contribution >= 4 is 29.0 Å². The first-order chi connectivity index (χ1) is 9.10. The molecule has 0 aliphatic rings. The smallest absolute Gasteiger partial charge is 0.129 e. The minimum Gasteiger partial charge on any atom is -0.355 e. The van der Waals surface area contributed by atoms with E-state index in [1.165, 1.54) is 0 Å². The van der Waals surface area contributed by atoms with Crippen molar-refractivity contribution in [3.05, 3.63) is 57.7 Å². The third-order valence-electron chi connectivity index (χ3n) is 2.82. The van der Waals surface area contributed by atoms with E-state index in [0.717, 1.165) is 22.9 Å². The van der Waals surface area contributed by atoms with E-state index in [1.807, 2.05) is 48.3 Å². The van der Waals surface area contributed by atoms with Gasteiger partial charge in [0.05, 0.1) is 10.7 Å². The number of nitrogens with two attached hydrogens (primary N) is 1. The highest BCUT2D eigenvalue weighted by atomic mass is 35.5. The molecule has 0 aliphatic heterocycles. The SMILES string of the molecule is CN(Cc1ccc(Cl)cc1)c1ccc(Cl)c(CN)n1. The predicted molar refractivity (Wildman–Crippen MR) is 80.7 cm³/mol. The number of rotatable bonds is 4. The highest BCUT2D eigenvalue weighted by Gasteiger charge is 2.07. The number of hydrogen-bond donors (Lipinski definition) is 1. The van der Waals surface area contributed by atoms with Gasteiger partial charge in [0.2, 0.25) is 0 Å². The highest BCUT2D eigenvalue weighted by molar-refractivity contribution is 6.31. The van der Waals surface area contributed by atoms with Crippen LogP contribution in [0.4, 0.5) is 5.82 Å². The molecule has 0 saturated carbocycles. The lowest BCUT2D eigenvalue weighted by Gasteiger charge is -2.19. The van der Waals surface area contributed by atoms with Gasteiger partial charge in [-0.2, -0.15) is 0 Å². The molecule has 0 spiro atoms. The van der Waals surface area contributed by atoms with Crippen LogP contribution >= 0.6 is 23.2 Å². The maximum Gasteiger partial charge on any atom is 0.129 e. The number of pyridine rings is 1. The third kappa shape index (κ3) is 3.60. The Morgan fingerprint density at radius 3 is 2.42 bits per heavy atom. The third-order valence-corrected chi connectivity index (χ3v) is 3.42. The molecule has 0 saturated heterocycles. The second-order valence-electron chi connectivity index (χ2n) is 4.28. The van der Waals surface area contributed by atoms with Gasteiger partial charge < -0.3 is 10.6 Å². The Morgan fingerprint density at radius 2 is 1.79 bits per heavy atom. The van der Waals surface area contributed by atoms with Crippen LogP contribution in [0.5, 0.6) is 0 Å². The maximum atomic E-state index is 6.00. The first-order valence-corrected chi connectivity index (χ1v) is 6.67. The van der Waals surface area contributed by atoms with Gasteiger partial charge in [0.1, 0.15) is 5.82 Å². The van der Waals surface area contributed by atoms with Crippen LogP contribution in [0.1, 0.15) is 11.3 Å². The van der Waals surface area contributed by atoms with Crippen LogP contribution in [0, 0.1) is 0 Å². The fourth-order valence-electron chi connectivity index (χ4n) is 1.77. The number of nitrogens with zero attached hydrogens (tertiary/aromatic N) is 2. The molecule has 0 fully saturated rings. The van der Waals surface area contributed by atoms with Gasteiger partial charge in [0, 0.05) is 25.2 Å². The average Bonchev–Trinajstić information content (AvgIpc) is 2.42. The number of aromatic nitrogens is 1. The summed E-state index contributed by atoms with van der Waals surface area (Å²) in [5, 5.41) is 1.34. The summed E-state index contributed by atoms with van der Waals surface area (Å²) in [4.78, 5) is 6.49. The number of anilines is 1. The first kappa shape index (κ1) is 14.1. The summed E-state index contributed by atoms with van der Waals surface area (Å²) in [6.45, 7) is 1.08. The van der Waals surface area contributed by atoms with E-state index >= 15 is 0 Å². The van der Waals surface area contributed by atoms with Crippen LogP contribution < -0.4 is 10.6 Å². The van der Waals surface area contributed by atoms with Crippen molar-refractivity contribution in [1.82, 2.24) is 4.98 Å². The standard InChI is InChI=1S/C14H15Cl2N3/c1-19(9-10-2-4-11(15)5-3-10)14-7-6-12(16)13(8-17)18-14/h2-7H,8-9,17H2,1H3. The zero-order valence-electron chi connectivity index (χ0n) is 10.6. The van der Waals surface area contributed by atoms with Crippen molar-refractivity contribution in [3.8, 4) is 0 Å². The molecule has 0 radical (unpaired) electrons. The summed E-state index contributed by atoms with van der Waals surface area (Å²) in [7, 11) is 1.98. The van der Waals surface area contributed by atoms with Gasteiger partial charge in [-0.25, -0.2) is 4.98 Å². The van der Waals surface area contributed by atoms with Gasteiger partial charge in [0.25, 0.3) is 0 Å². The maximum absolute atomic E-state index is 6.00. The molecular formula is C14H15Cl2N3. The predicted octanol–water partition coefficient (Wildman–Crippen LogP) is 3.48. The molecule has 0 atom stereocenters. The van der Waals surface area contributed by atoms with Gasteiger partial charge in [0.15, 0.2) is 0 Å². The Kier molecular flexibility index (Phi) is 4.64. The zero-order chi connectivity index (χ0) is 13.8.